The monoisotopic (exact) mass is 970 g/mol. The highest BCUT2D eigenvalue weighted by atomic mass is 19.1. The zero-order valence-electron chi connectivity index (χ0n) is 39.1. The summed E-state index contributed by atoms with van der Waals surface area (Å²) in [6, 6.07) is 21.2. The number of piperazine rings is 2. The molecule has 2 aromatic heterocycles. The lowest BCUT2D eigenvalue weighted by molar-refractivity contribution is 0.0518. The second-order valence-corrected chi connectivity index (χ2v) is 17.7. The molecule has 15 nitrogen and oxygen atoms in total. The number of aliphatic hydroxyl groups excluding tert-OH is 3. The standard InChI is InChI=1S/C26H28F2N4O4.C25H30F2N4O3/c1-35-20-2-3-24-23(13-20)22(4-5-29-24)25(33)16-31-8-6-30(7-9-31)14-21-15-32(26(34)36-21)19-11-17(27)10-18(28)12-19;1-34-21-2-3-24-23(13-21)22(4-5-28-24)25(33)16-31-8-6-30(7-9-31)15-20(32)14-29-19-11-17(26)10-18(27)12-19/h2-5,10-13,21,25,33H,6-9,14-16H2,1H3;2-5,10-13,20,25,29,32-33H,6-9,14-16H2,1H3/t21?,25-;20?,25-/m00/s1. The Morgan fingerprint density at radius 2 is 1.09 bits per heavy atom. The van der Waals surface area contributed by atoms with E-state index in [2.05, 4.69) is 34.9 Å². The van der Waals surface area contributed by atoms with Gasteiger partial charge in [-0.2, -0.15) is 0 Å². The molecule has 0 saturated carbocycles. The first-order valence-corrected chi connectivity index (χ1v) is 23.2. The van der Waals surface area contributed by atoms with Crippen LogP contribution in [0.5, 0.6) is 11.5 Å². The van der Waals surface area contributed by atoms with Gasteiger partial charge in [0.1, 0.15) is 40.9 Å². The van der Waals surface area contributed by atoms with Crippen molar-refractivity contribution < 1.29 is 51.9 Å². The van der Waals surface area contributed by atoms with Crippen molar-refractivity contribution >= 4 is 39.3 Å². The Morgan fingerprint density at radius 3 is 1.57 bits per heavy atom. The SMILES string of the molecule is COc1ccc2nccc([C@@H](O)CN3CCN(CC(O)CNc4cc(F)cc(F)c4)CC3)c2c1.COc1ccc2nccc([C@@H](O)CN3CCN(CC4CN(c5cc(F)cc(F)c5)C(=O)O4)CC3)c2c1. The van der Waals surface area contributed by atoms with E-state index in [-0.39, 0.29) is 24.9 Å². The van der Waals surface area contributed by atoms with Gasteiger partial charge in [0.05, 0.1) is 55.8 Å². The van der Waals surface area contributed by atoms with Crippen molar-refractivity contribution in [1.29, 1.82) is 0 Å². The summed E-state index contributed by atoms with van der Waals surface area (Å²) in [5.74, 6) is -1.36. The van der Waals surface area contributed by atoms with E-state index >= 15 is 0 Å². The summed E-state index contributed by atoms with van der Waals surface area (Å²) in [5.41, 5.74) is 3.70. The number of aromatic nitrogens is 2. The Labute approximate surface area is 403 Å². The third kappa shape index (κ3) is 13.0. The van der Waals surface area contributed by atoms with E-state index < -0.39 is 47.7 Å². The molecular weight excluding hydrogens is 913 g/mol. The number of β-amino-alcohol motifs (C(OH)–C–C–N with tert-alkyl or cyclic N) is 3. The van der Waals surface area contributed by atoms with Gasteiger partial charge >= 0.3 is 6.09 Å². The molecule has 4 atom stereocenters. The molecule has 70 heavy (non-hydrogen) atoms. The van der Waals surface area contributed by atoms with Crippen LogP contribution in [-0.4, -0.2) is 169 Å². The first kappa shape index (κ1) is 50.2. The number of anilines is 2. The van der Waals surface area contributed by atoms with Crippen LogP contribution < -0.4 is 19.7 Å². The predicted molar refractivity (Wildman–Crippen MR) is 257 cm³/mol. The number of methoxy groups -OCH3 is 2. The molecule has 372 valence electrons. The molecule has 5 heterocycles. The topological polar surface area (TPSA) is 159 Å². The number of carbonyl (C=O) groups is 1. The average molecular weight is 971 g/mol. The fourth-order valence-electron chi connectivity index (χ4n) is 9.19. The lowest BCUT2D eigenvalue weighted by Crippen LogP contribution is -2.50. The zero-order valence-corrected chi connectivity index (χ0v) is 39.1. The van der Waals surface area contributed by atoms with Gasteiger partial charge in [-0.25, -0.2) is 22.4 Å². The van der Waals surface area contributed by atoms with Crippen molar-refractivity contribution in [2.24, 2.45) is 0 Å². The summed E-state index contributed by atoms with van der Waals surface area (Å²) in [6.45, 7) is 8.44. The Morgan fingerprint density at radius 1 is 0.629 bits per heavy atom. The molecule has 0 radical (unpaired) electrons. The molecule has 1 amide bonds. The van der Waals surface area contributed by atoms with Crippen LogP contribution >= 0.6 is 0 Å². The maximum atomic E-state index is 13.6. The Bertz CT molecular complexity index is 2690. The van der Waals surface area contributed by atoms with Crippen LogP contribution in [0.1, 0.15) is 23.3 Å². The van der Waals surface area contributed by atoms with Gasteiger partial charge in [0.2, 0.25) is 0 Å². The molecule has 3 aliphatic heterocycles. The minimum absolute atomic E-state index is 0.153. The number of rotatable bonds is 16. The van der Waals surface area contributed by atoms with Crippen molar-refractivity contribution in [2.75, 3.05) is 116 Å². The number of fused-ring (bicyclic) bond motifs is 2. The van der Waals surface area contributed by atoms with Gasteiger partial charge in [0.15, 0.2) is 0 Å². The Hall–Kier alpha value is -6.19. The minimum Gasteiger partial charge on any atom is -0.497 e. The normalized spacial score (nSPS) is 18.6. The number of halogens is 4. The van der Waals surface area contributed by atoms with Crippen LogP contribution in [0.4, 0.5) is 33.7 Å². The highest BCUT2D eigenvalue weighted by Gasteiger charge is 2.35. The van der Waals surface area contributed by atoms with E-state index in [1.807, 2.05) is 48.5 Å². The van der Waals surface area contributed by atoms with Crippen molar-refractivity contribution in [1.82, 2.24) is 29.6 Å². The predicted octanol–water partition coefficient (Wildman–Crippen LogP) is 5.84. The quantitative estimate of drug-likeness (QED) is 0.0857. The lowest BCUT2D eigenvalue weighted by atomic mass is 10.0. The number of nitrogens with one attached hydrogen (secondary N) is 1. The minimum atomic E-state index is -0.738. The van der Waals surface area contributed by atoms with Crippen LogP contribution in [0, 0.1) is 23.3 Å². The van der Waals surface area contributed by atoms with E-state index in [1.165, 1.54) is 17.0 Å². The maximum absolute atomic E-state index is 13.6. The molecule has 4 aromatic carbocycles. The maximum Gasteiger partial charge on any atom is 0.414 e. The van der Waals surface area contributed by atoms with Gasteiger partial charge < -0.3 is 34.8 Å². The average Bonchev–Trinajstić information content (AvgIpc) is 3.72. The van der Waals surface area contributed by atoms with Gasteiger partial charge in [-0.05, 0) is 83.9 Å². The number of cyclic esters (lactones) is 1. The summed E-state index contributed by atoms with van der Waals surface area (Å²) in [7, 11) is 3.22. The van der Waals surface area contributed by atoms with Gasteiger partial charge in [-0.15, -0.1) is 0 Å². The lowest BCUT2D eigenvalue weighted by Gasteiger charge is -2.36. The molecule has 0 aliphatic carbocycles. The van der Waals surface area contributed by atoms with Gasteiger partial charge in [-0.3, -0.25) is 34.5 Å². The highest BCUT2D eigenvalue weighted by Crippen LogP contribution is 2.30. The van der Waals surface area contributed by atoms with E-state index in [9.17, 15) is 37.7 Å². The molecule has 3 aliphatic rings. The highest BCUT2D eigenvalue weighted by molar-refractivity contribution is 5.90. The van der Waals surface area contributed by atoms with Crippen molar-refractivity contribution in [3.8, 4) is 11.5 Å². The Kier molecular flexibility index (Phi) is 16.6. The second-order valence-electron chi connectivity index (χ2n) is 17.7. The third-order valence-corrected chi connectivity index (χ3v) is 12.8. The van der Waals surface area contributed by atoms with Crippen molar-refractivity contribution in [3.05, 3.63) is 132 Å². The number of carbonyl (C=O) groups excluding carboxylic acids is 1. The van der Waals surface area contributed by atoms with Gasteiger partial charge in [0.25, 0.3) is 0 Å². The van der Waals surface area contributed by atoms with E-state index in [0.717, 1.165) is 115 Å². The summed E-state index contributed by atoms with van der Waals surface area (Å²) >= 11 is 0. The van der Waals surface area contributed by atoms with Crippen molar-refractivity contribution in [3.63, 3.8) is 0 Å². The summed E-state index contributed by atoms with van der Waals surface area (Å²) in [6.07, 6.45) is 0.402. The van der Waals surface area contributed by atoms with Crippen LogP contribution in [0.3, 0.4) is 0 Å². The number of hydrogen-bond acceptors (Lipinski definition) is 14. The summed E-state index contributed by atoms with van der Waals surface area (Å²) in [5, 5.41) is 36.9. The summed E-state index contributed by atoms with van der Waals surface area (Å²) < 4.78 is 69.8. The van der Waals surface area contributed by atoms with E-state index in [1.54, 1.807) is 26.6 Å². The van der Waals surface area contributed by atoms with E-state index in [4.69, 9.17) is 14.2 Å². The molecule has 3 saturated heterocycles. The van der Waals surface area contributed by atoms with Crippen LogP contribution in [0.2, 0.25) is 0 Å². The first-order valence-electron chi connectivity index (χ1n) is 23.2. The van der Waals surface area contributed by atoms with Crippen molar-refractivity contribution in [2.45, 2.75) is 24.4 Å². The first-order chi connectivity index (χ1) is 33.8. The molecule has 4 N–H and O–H groups in total. The Balaban J connectivity index is 0.000000189. The number of hydrogen-bond donors (Lipinski definition) is 4. The molecule has 2 unspecified atom stereocenters. The van der Waals surface area contributed by atoms with Crippen LogP contribution in [0.15, 0.2) is 97.3 Å². The summed E-state index contributed by atoms with van der Waals surface area (Å²) in [4.78, 5) is 31.0. The molecule has 19 heteroatoms. The van der Waals surface area contributed by atoms with Gasteiger partial charge in [-0.1, -0.05) is 0 Å². The zero-order chi connectivity index (χ0) is 49.3. The molecule has 3 fully saturated rings. The van der Waals surface area contributed by atoms with Crippen LogP contribution in [0.25, 0.3) is 21.8 Å². The van der Waals surface area contributed by atoms with Crippen LogP contribution in [-0.2, 0) is 4.74 Å². The number of amides is 1. The largest absolute Gasteiger partial charge is 0.497 e. The smallest absolute Gasteiger partial charge is 0.414 e. The number of aliphatic hydroxyl groups is 3. The third-order valence-electron chi connectivity index (χ3n) is 12.8. The molecule has 0 spiro atoms. The molecule has 0 bridgehead atoms. The number of pyridine rings is 2. The number of ether oxygens (including phenoxy) is 3. The van der Waals surface area contributed by atoms with E-state index in [0.29, 0.717) is 37.6 Å². The van der Waals surface area contributed by atoms with Gasteiger partial charge in [0, 0.05) is 126 Å². The number of nitrogens with zero attached hydrogens (tertiary/aromatic N) is 7. The second kappa shape index (κ2) is 23.2. The fourth-order valence-corrected chi connectivity index (χ4v) is 9.19. The molecule has 6 aromatic rings. The molecular formula is C51H58F4N8O7. The molecule has 9 rings (SSSR count). The number of benzene rings is 4. The fraction of sp³-hybridized carbons (Fsp3) is 0.392.